The van der Waals surface area contributed by atoms with Crippen molar-refractivity contribution in [1.82, 2.24) is 19.4 Å². The minimum atomic E-state index is -5.08. The average molecular weight is 458 g/mol. The average Bonchev–Trinajstić information content (AvgIpc) is 3.44. The Labute approximate surface area is 179 Å². The summed E-state index contributed by atoms with van der Waals surface area (Å²) < 4.78 is 45.4. The van der Waals surface area contributed by atoms with Crippen LogP contribution in [0.15, 0.2) is 40.7 Å². The summed E-state index contributed by atoms with van der Waals surface area (Å²) in [4.78, 5) is 20.0. The first-order chi connectivity index (χ1) is 14.7. The number of aliphatic carboxylic acids is 1. The van der Waals surface area contributed by atoms with E-state index < -0.39 is 12.1 Å². The van der Waals surface area contributed by atoms with Crippen molar-refractivity contribution in [2.45, 2.75) is 38.8 Å². The molecule has 1 atom stereocenters. The van der Waals surface area contributed by atoms with Gasteiger partial charge in [-0.15, -0.1) is 11.3 Å². The molecular formula is C19H21F3N4O4S. The van der Waals surface area contributed by atoms with Crippen molar-refractivity contribution in [2.24, 2.45) is 0 Å². The Hall–Kier alpha value is -2.70. The molecule has 8 nitrogen and oxygen atoms in total. The van der Waals surface area contributed by atoms with Crippen LogP contribution in [-0.2, 0) is 29.2 Å². The molecule has 0 spiro atoms. The van der Waals surface area contributed by atoms with Gasteiger partial charge in [0, 0.05) is 24.7 Å². The lowest BCUT2D eigenvalue weighted by Crippen LogP contribution is -2.38. The van der Waals surface area contributed by atoms with Gasteiger partial charge < -0.3 is 18.8 Å². The molecular weight excluding hydrogens is 437 g/mol. The SMILES string of the molecule is Cc1nc(COCC2CN(Cc3ccco3)Cc3cncn32)cs1.O=C(O)C(F)(F)F. The summed E-state index contributed by atoms with van der Waals surface area (Å²) in [5.74, 6) is -1.77. The van der Waals surface area contributed by atoms with E-state index in [1.54, 1.807) is 17.6 Å². The van der Waals surface area contributed by atoms with Crippen LogP contribution in [0.4, 0.5) is 13.2 Å². The largest absolute Gasteiger partial charge is 0.490 e. The van der Waals surface area contributed by atoms with Gasteiger partial charge in [-0.05, 0) is 19.1 Å². The molecule has 0 aromatic carbocycles. The number of aryl methyl sites for hydroxylation is 1. The van der Waals surface area contributed by atoms with Gasteiger partial charge in [0.15, 0.2) is 0 Å². The highest BCUT2D eigenvalue weighted by molar-refractivity contribution is 7.09. The van der Waals surface area contributed by atoms with E-state index in [1.165, 1.54) is 5.69 Å². The second-order valence-electron chi connectivity index (χ2n) is 6.87. The lowest BCUT2D eigenvalue weighted by atomic mass is 10.2. The number of thiazole rings is 1. The number of rotatable bonds is 6. The number of alkyl halides is 3. The standard InChI is InChI=1S/C17H20N4O2S.C2HF3O2/c1-13-19-14(11-24-13)9-22-10-16-7-20(8-17-3-2-4-23-17)6-15-5-18-12-21(15)16;3-2(4,5)1(6)7/h2-5,11-12,16H,6-10H2,1H3;(H,6,7). The lowest BCUT2D eigenvalue weighted by Gasteiger charge is -2.33. The smallest absolute Gasteiger partial charge is 0.475 e. The molecule has 4 heterocycles. The fourth-order valence-corrected chi connectivity index (χ4v) is 3.71. The van der Waals surface area contributed by atoms with Crippen LogP contribution in [0.25, 0.3) is 0 Å². The van der Waals surface area contributed by atoms with Crippen molar-refractivity contribution >= 4 is 17.3 Å². The molecule has 0 saturated heterocycles. The van der Waals surface area contributed by atoms with E-state index in [4.69, 9.17) is 19.1 Å². The van der Waals surface area contributed by atoms with Gasteiger partial charge in [-0.1, -0.05) is 0 Å². The molecule has 0 aliphatic carbocycles. The second kappa shape index (κ2) is 10.1. The monoisotopic (exact) mass is 458 g/mol. The molecule has 1 unspecified atom stereocenters. The summed E-state index contributed by atoms with van der Waals surface area (Å²) >= 11 is 1.66. The molecule has 0 saturated carbocycles. The van der Waals surface area contributed by atoms with Crippen LogP contribution in [-0.4, -0.2) is 49.8 Å². The number of ether oxygens (including phenoxy) is 1. The fourth-order valence-electron chi connectivity index (χ4n) is 3.11. The van der Waals surface area contributed by atoms with Crippen LogP contribution < -0.4 is 0 Å². The van der Waals surface area contributed by atoms with Crippen LogP contribution >= 0.6 is 11.3 Å². The molecule has 4 rings (SSSR count). The van der Waals surface area contributed by atoms with E-state index in [1.807, 2.05) is 31.6 Å². The molecule has 3 aromatic rings. The highest BCUT2D eigenvalue weighted by atomic mass is 32.1. The van der Waals surface area contributed by atoms with E-state index in [-0.39, 0.29) is 6.04 Å². The number of carbonyl (C=O) groups is 1. The molecule has 0 amide bonds. The van der Waals surface area contributed by atoms with Gasteiger partial charge >= 0.3 is 12.1 Å². The van der Waals surface area contributed by atoms with E-state index in [2.05, 4.69) is 24.8 Å². The zero-order chi connectivity index (χ0) is 22.4. The number of carboxylic acid groups (broad SMARTS) is 1. The third-order valence-electron chi connectivity index (χ3n) is 4.42. The summed E-state index contributed by atoms with van der Waals surface area (Å²) in [7, 11) is 0. The fraction of sp³-hybridized carbons (Fsp3) is 0.421. The van der Waals surface area contributed by atoms with Gasteiger partial charge in [0.25, 0.3) is 0 Å². The Morgan fingerprint density at radius 1 is 1.45 bits per heavy atom. The summed E-state index contributed by atoms with van der Waals surface area (Å²) in [6.45, 7) is 5.82. The Morgan fingerprint density at radius 3 is 2.84 bits per heavy atom. The van der Waals surface area contributed by atoms with E-state index in [0.29, 0.717) is 13.2 Å². The Bertz CT molecular complexity index is 971. The Kier molecular flexibility index (Phi) is 7.46. The molecule has 31 heavy (non-hydrogen) atoms. The summed E-state index contributed by atoms with van der Waals surface area (Å²) in [5, 5.41) is 10.3. The van der Waals surface area contributed by atoms with Crippen LogP contribution in [0.1, 0.15) is 28.2 Å². The predicted molar refractivity (Wildman–Crippen MR) is 104 cm³/mol. The van der Waals surface area contributed by atoms with Crippen molar-refractivity contribution in [2.75, 3.05) is 13.2 Å². The number of aromatic nitrogens is 3. The van der Waals surface area contributed by atoms with Crippen molar-refractivity contribution < 1.29 is 32.2 Å². The minimum absolute atomic E-state index is 0.256. The molecule has 168 valence electrons. The van der Waals surface area contributed by atoms with Gasteiger partial charge in [0.2, 0.25) is 0 Å². The summed E-state index contributed by atoms with van der Waals surface area (Å²) in [6, 6.07) is 4.20. The number of imidazole rings is 1. The Balaban J connectivity index is 0.000000339. The normalized spacial score (nSPS) is 16.5. The lowest BCUT2D eigenvalue weighted by molar-refractivity contribution is -0.192. The quantitative estimate of drug-likeness (QED) is 0.603. The summed E-state index contributed by atoms with van der Waals surface area (Å²) in [6.07, 6.45) is 0.478. The number of fused-ring (bicyclic) bond motifs is 1. The first-order valence-electron chi connectivity index (χ1n) is 9.26. The molecule has 0 bridgehead atoms. The third-order valence-corrected chi connectivity index (χ3v) is 5.25. The third kappa shape index (κ3) is 6.64. The maximum Gasteiger partial charge on any atom is 0.490 e. The van der Waals surface area contributed by atoms with E-state index in [9.17, 15) is 13.2 Å². The predicted octanol–water partition coefficient (Wildman–Crippen LogP) is 3.65. The molecule has 1 N–H and O–H groups in total. The van der Waals surface area contributed by atoms with Gasteiger partial charge in [0.1, 0.15) is 5.76 Å². The number of hydrogen-bond donors (Lipinski definition) is 1. The van der Waals surface area contributed by atoms with Gasteiger partial charge in [-0.25, -0.2) is 14.8 Å². The first kappa shape index (κ1) is 23.0. The van der Waals surface area contributed by atoms with Gasteiger partial charge in [-0.3, -0.25) is 4.90 Å². The zero-order valence-corrected chi connectivity index (χ0v) is 17.4. The van der Waals surface area contributed by atoms with Crippen LogP contribution in [0.2, 0.25) is 0 Å². The first-order valence-corrected chi connectivity index (χ1v) is 10.1. The number of nitrogens with zero attached hydrogens (tertiary/aromatic N) is 4. The van der Waals surface area contributed by atoms with Crippen LogP contribution in [0.3, 0.4) is 0 Å². The van der Waals surface area contributed by atoms with Crippen LogP contribution in [0.5, 0.6) is 0 Å². The highest BCUT2D eigenvalue weighted by Crippen LogP contribution is 2.23. The second-order valence-corrected chi connectivity index (χ2v) is 7.93. The maximum absolute atomic E-state index is 10.6. The van der Waals surface area contributed by atoms with Crippen molar-refractivity contribution in [3.05, 3.63) is 58.5 Å². The van der Waals surface area contributed by atoms with Crippen molar-refractivity contribution in [1.29, 1.82) is 0 Å². The molecule has 0 fully saturated rings. The maximum atomic E-state index is 10.6. The Morgan fingerprint density at radius 2 is 2.23 bits per heavy atom. The number of hydrogen-bond acceptors (Lipinski definition) is 7. The van der Waals surface area contributed by atoms with Crippen molar-refractivity contribution in [3.8, 4) is 0 Å². The summed E-state index contributed by atoms with van der Waals surface area (Å²) in [5.41, 5.74) is 2.22. The minimum Gasteiger partial charge on any atom is -0.475 e. The number of halogens is 3. The molecule has 1 aliphatic rings. The molecule has 12 heteroatoms. The molecule has 0 radical (unpaired) electrons. The zero-order valence-electron chi connectivity index (χ0n) is 16.6. The van der Waals surface area contributed by atoms with E-state index in [0.717, 1.165) is 36.1 Å². The van der Waals surface area contributed by atoms with Crippen molar-refractivity contribution in [3.63, 3.8) is 0 Å². The topological polar surface area (TPSA) is 93.6 Å². The van der Waals surface area contributed by atoms with Gasteiger partial charge in [0.05, 0.1) is 54.8 Å². The number of carboxylic acids is 1. The molecule has 3 aromatic heterocycles. The highest BCUT2D eigenvalue weighted by Gasteiger charge is 2.38. The van der Waals surface area contributed by atoms with Crippen LogP contribution in [0, 0.1) is 6.92 Å². The number of furan rings is 1. The molecule has 1 aliphatic heterocycles. The van der Waals surface area contributed by atoms with Gasteiger partial charge in [-0.2, -0.15) is 13.2 Å². The van der Waals surface area contributed by atoms with E-state index >= 15 is 0 Å².